The van der Waals surface area contributed by atoms with E-state index < -0.39 is 51.0 Å². The molecule has 7 nitrogen and oxygen atoms in total. The van der Waals surface area contributed by atoms with Crippen LogP contribution < -0.4 is 0 Å². The van der Waals surface area contributed by atoms with E-state index in [-0.39, 0.29) is 18.3 Å². The van der Waals surface area contributed by atoms with Crippen molar-refractivity contribution >= 4 is 8.32 Å². The molecule has 37 heavy (non-hydrogen) atoms. The summed E-state index contributed by atoms with van der Waals surface area (Å²) < 4.78 is 31.4. The van der Waals surface area contributed by atoms with E-state index in [0.29, 0.717) is 0 Å². The van der Waals surface area contributed by atoms with Crippen molar-refractivity contribution in [1.82, 2.24) is 0 Å². The molecule has 0 bridgehead atoms. The molecule has 1 unspecified atom stereocenters. The van der Waals surface area contributed by atoms with Crippen LogP contribution in [0.15, 0.2) is 60.7 Å². The van der Waals surface area contributed by atoms with E-state index in [1.807, 2.05) is 60.7 Å². The lowest BCUT2D eigenvalue weighted by Gasteiger charge is -2.44. The SMILES string of the molecule is CO[C@@H]1C(O[Si](C)(C)C(C)(C)C)[C@H](OC)[C@@H](OCc2ccccc2)[C@H](O)[C@H](O)[C@H]1OCc1ccccc1. The molecule has 2 N–H and O–H groups in total. The molecular weight excluding hydrogens is 488 g/mol. The molecule has 2 aromatic rings. The van der Waals surface area contributed by atoms with Gasteiger partial charge in [-0.1, -0.05) is 81.4 Å². The first-order valence-corrected chi connectivity index (χ1v) is 15.8. The summed E-state index contributed by atoms with van der Waals surface area (Å²) in [5, 5.41) is 22.7. The van der Waals surface area contributed by atoms with Crippen LogP contribution in [0.1, 0.15) is 31.9 Å². The van der Waals surface area contributed by atoms with Gasteiger partial charge in [-0.2, -0.15) is 0 Å². The van der Waals surface area contributed by atoms with Crippen molar-refractivity contribution < 1.29 is 33.6 Å². The minimum absolute atomic E-state index is 0.0894. The fraction of sp³-hybridized carbons (Fsp3) is 0.586. The highest BCUT2D eigenvalue weighted by Gasteiger charge is 2.55. The molecule has 0 radical (unpaired) electrons. The fourth-order valence-corrected chi connectivity index (χ4v) is 5.75. The van der Waals surface area contributed by atoms with E-state index in [4.69, 9.17) is 23.4 Å². The van der Waals surface area contributed by atoms with Crippen LogP contribution in [-0.2, 0) is 36.6 Å². The van der Waals surface area contributed by atoms with Gasteiger partial charge in [-0.15, -0.1) is 0 Å². The van der Waals surface area contributed by atoms with Gasteiger partial charge in [-0.25, -0.2) is 0 Å². The predicted molar refractivity (Wildman–Crippen MR) is 146 cm³/mol. The molecule has 0 spiro atoms. The van der Waals surface area contributed by atoms with Gasteiger partial charge in [0, 0.05) is 14.2 Å². The van der Waals surface area contributed by atoms with Crippen molar-refractivity contribution in [3.8, 4) is 0 Å². The zero-order valence-electron chi connectivity index (χ0n) is 23.2. The van der Waals surface area contributed by atoms with E-state index in [2.05, 4.69) is 33.9 Å². The molecule has 1 fully saturated rings. The number of aliphatic hydroxyl groups excluding tert-OH is 2. The van der Waals surface area contributed by atoms with Crippen LogP contribution in [0.4, 0.5) is 0 Å². The summed E-state index contributed by atoms with van der Waals surface area (Å²) in [6, 6.07) is 19.4. The van der Waals surface area contributed by atoms with Gasteiger partial charge in [-0.05, 0) is 29.3 Å². The van der Waals surface area contributed by atoms with E-state index in [9.17, 15) is 10.2 Å². The smallest absolute Gasteiger partial charge is 0.192 e. The Balaban J connectivity index is 1.98. The summed E-state index contributed by atoms with van der Waals surface area (Å²) in [6.07, 6.45) is -6.41. The Morgan fingerprint density at radius 1 is 0.649 bits per heavy atom. The van der Waals surface area contributed by atoms with Crippen molar-refractivity contribution in [2.75, 3.05) is 14.2 Å². The largest absolute Gasteiger partial charge is 0.408 e. The fourth-order valence-electron chi connectivity index (χ4n) is 4.45. The van der Waals surface area contributed by atoms with Crippen LogP contribution >= 0.6 is 0 Å². The lowest BCUT2D eigenvalue weighted by molar-refractivity contribution is -0.165. The van der Waals surface area contributed by atoms with E-state index in [1.54, 1.807) is 14.2 Å². The maximum Gasteiger partial charge on any atom is 0.192 e. The van der Waals surface area contributed by atoms with E-state index in [0.717, 1.165) is 11.1 Å². The molecule has 0 saturated heterocycles. The maximum absolute atomic E-state index is 11.4. The summed E-state index contributed by atoms with van der Waals surface area (Å²) in [5.74, 6) is 0. The number of aliphatic hydroxyl groups is 2. The number of hydrogen-bond donors (Lipinski definition) is 2. The Bertz CT molecular complexity index is 871. The first-order valence-electron chi connectivity index (χ1n) is 12.9. The summed E-state index contributed by atoms with van der Waals surface area (Å²) >= 11 is 0. The number of ether oxygens (including phenoxy) is 4. The molecule has 3 rings (SSSR count). The standard InChI is InChI=1S/C29H44O7Si/c1-29(2,3)37(6,7)36-28-26(32-4)24(34-18-20-14-10-8-11-15-20)22(30)23(31)25(27(28)33-5)35-19-21-16-12-9-13-17-21/h8-17,22-28,30-31H,18-19H2,1-7H3/t22-,23+,24+,25-,26-,27+,28?. The Hall–Kier alpha value is -1.62. The van der Waals surface area contributed by atoms with Crippen LogP contribution in [0, 0.1) is 0 Å². The van der Waals surface area contributed by atoms with Gasteiger partial charge in [0.05, 0.1) is 13.2 Å². The minimum atomic E-state index is -2.34. The highest BCUT2D eigenvalue weighted by Crippen LogP contribution is 2.40. The van der Waals surface area contributed by atoms with Crippen molar-refractivity contribution in [1.29, 1.82) is 0 Å². The molecule has 206 valence electrons. The Morgan fingerprint density at radius 2 is 1.03 bits per heavy atom. The van der Waals surface area contributed by atoms with Crippen molar-refractivity contribution in [3.05, 3.63) is 71.8 Å². The topological polar surface area (TPSA) is 86.6 Å². The lowest BCUT2D eigenvalue weighted by atomic mass is 10.0. The summed E-state index contributed by atoms with van der Waals surface area (Å²) in [7, 11) is 0.802. The van der Waals surface area contributed by atoms with Crippen LogP contribution in [0.2, 0.25) is 18.1 Å². The molecular formula is C29H44O7Si. The third kappa shape index (κ3) is 7.28. The van der Waals surface area contributed by atoms with Gasteiger partial charge in [0.25, 0.3) is 0 Å². The van der Waals surface area contributed by atoms with Gasteiger partial charge < -0.3 is 33.6 Å². The summed E-state index contributed by atoms with van der Waals surface area (Å²) in [4.78, 5) is 0. The second kappa shape index (κ2) is 13.0. The zero-order valence-corrected chi connectivity index (χ0v) is 24.2. The lowest BCUT2D eigenvalue weighted by Crippen LogP contribution is -2.57. The van der Waals surface area contributed by atoms with Crippen molar-refractivity contribution in [2.24, 2.45) is 0 Å². The molecule has 2 aromatic carbocycles. The van der Waals surface area contributed by atoms with Crippen LogP contribution in [0.25, 0.3) is 0 Å². The van der Waals surface area contributed by atoms with Gasteiger partial charge in [0.1, 0.15) is 42.7 Å². The normalized spacial score (nSPS) is 29.2. The molecule has 1 saturated carbocycles. The molecule has 1 aliphatic carbocycles. The van der Waals surface area contributed by atoms with Crippen molar-refractivity contribution in [2.45, 2.75) is 94.8 Å². The number of benzene rings is 2. The molecule has 1 aliphatic rings. The summed E-state index contributed by atoms with van der Waals surface area (Å²) in [6.45, 7) is 11.3. The van der Waals surface area contributed by atoms with Gasteiger partial charge >= 0.3 is 0 Å². The second-order valence-corrected chi connectivity index (χ2v) is 16.0. The third-order valence-corrected chi connectivity index (χ3v) is 12.1. The van der Waals surface area contributed by atoms with Gasteiger partial charge in [0.2, 0.25) is 0 Å². The van der Waals surface area contributed by atoms with Crippen LogP contribution in [0.3, 0.4) is 0 Å². The Kier molecular flexibility index (Phi) is 10.5. The molecule has 0 aromatic heterocycles. The first kappa shape index (κ1) is 29.9. The van der Waals surface area contributed by atoms with Gasteiger partial charge in [-0.3, -0.25) is 0 Å². The summed E-state index contributed by atoms with van der Waals surface area (Å²) in [5.41, 5.74) is 1.90. The van der Waals surface area contributed by atoms with Crippen LogP contribution in [0.5, 0.6) is 0 Å². The van der Waals surface area contributed by atoms with Gasteiger partial charge in [0.15, 0.2) is 8.32 Å². The van der Waals surface area contributed by atoms with E-state index in [1.165, 1.54) is 0 Å². The monoisotopic (exact) mass is 532 g/mol. The number of methoxy groups -OCH3 is 2. The zero-order chi connectivity index (χ0) is 27.2. The molecule has 0 amide bonds. The number of rotatable bonds is 10. The first-order chi connectivity index (χ1) is 17.5. The third-order valence-electron chi connectivity index (χ3n) is 7.67. The molecule has 0 aliphatic heterocycles. The quantitative estimate of drug-likeness (QED) is 0.348. The molecule has 7 atom stereocenters. The highest BCUT2D eigenvalue weighted by molar-refractivity contribution is 6.74. The van der Waals surface area contributed by atoms with Crippen LogP contribution in [-0.4, -0.2) is 75.5 Å². The second-order valence-electron chi connectivity index (χ2n) is 11.2. The number of hydrogen-bond acceptors (Lipinski definition) is 7. The van der Waals surface area contributed by atoms with Crippen molar-refractivity contribution in [3.63, 3.8) is 0 Å². The molecule has 0 heterocycles. The van der Waals surface area contributed by atoms with E-state index >= 15 is 0 Å². The average Bonchev–Trinajstić information content (AvgIpc) is 2.94. The average molecular weight is 533 g/mol. The Morgan fingerprint density at radius 3 is 1.35 bits per heavy atom. The predicted octanol–water partition coefficient (Wildman–Crippen LogP) is 4.31. The Labute approximate surface area is 222 Å². The highest BCUT2D eigenvalue weighted by atomic mass is 28.4. The minimum Gasteiger partial charge on any atom is -0.408 e. The maximum atomic E-state index is 11.4. The molecule has 8 heteroatoms.